The monoisotopic (exact) mass is 364 g/mol. The SMILES string of the molecule is Cc1cccc(C)c1-n1nc(C(C)(C)C)cc1Nc1ncccc1C(=O)O. The number of anilines is 2. The third-order valence-corrected chi connectivity index (χ3v) is 4.41. The van der Waals surface area contributed by atoms with E-state index in [2.05, 4.69) is 31.1 Å². The molecule has 0 aliphatic rings. The van der Waals surface area contributed by atoms with Crippen LogP contribution in [0.25, 0.3) is 5.69 Å². The lowest BCUT2D eigenvalue weighted by molar-refractivity contribution is 0.0697. The summed E-state index contributed by atoms with van der Waals surface area (Å²) in [6.45, 7) is 10.4. The van der Waals surface area contributed by atoms with Crippen LogP contribution >= 0.6 is 0 Å². The van der Waals surface area contributed by atoms with E-state index < -0.39 is 5.97 Å². The summed E-state index contributed by atoms with van der Waals surface area (Å²) in [4.78, 5) is 15.8. The highest BCUT2D eigenvalue weighted by molar-refractivity contribution is 5.93. The number of para-hydroxylation sites is 1. The quantitative estimate of drug-likeness (QED) is 0.706. The number of aromatic nitrogens is 3. The molecule has 6 heteroatoms. The summed E-state index contributed by atoms with van der Waals surface area (Å²) < 4.78 is 1.84. The highest BCUT2D eigenvalue weighted by Crippen LogP contribution is 2.30. The second-order valence-corrected chi connectivity index (χ2v) is 7.65. The summed E-state index contributed by atoms with van der Waals surface area (Å²) in [5.41, 5.74) is 4.01. The van der Waals surface area contributed by atoms with Gasteiger partial charge < -0.3 is 10.4 Å². The Morgan fingerprint density at radius 1 is 1.11 bits per heavy atom. The average molecular weight is 364 g/mol. The molecule has 0 bridgehead atoms. The van der Waals surface area contributed by atoms with Crippen molar-refractivity contribution in [1.29, 1.82) is 0 Å². The molecule has 27 heavy (non-hydrogen) atoms. The molecule has 2 aromatic heterocycles. The van der Waals surface area contributed by atoms with Gasteiger partial charge in [0.1, 0.15) is 17.2 Å². The number of pyridine rings is 1. The lowest BCUT2D eigenvalue weighted by Gasteiger charge is -2.15. The number of carbonyl (C=O) groups is 1. The van der Waals surface area contributed by atoms with Crippen LogP contribution in [0, 0.1) is 13.8 Å². The minimum Gasteiger partial charge on any atom is -0.478 e. The van der Waals surface area contributed by atoms with Crippen molar-refractivity contribution < 1.29 is 9.90 Å². The van der Waals surface area contributed by atoms with E-state index in [4.69, 9.17) is 5.10 Å². The molecule has 0 fully saturated rings. The first-order valence-electron chi connectivity index (χ1n) is 8.81. The van der Waals surface area contributed by atoms with Gasteiger partial charge in [0.2, 0.25) is 0 Å². The maximum absolute atomic E-state index is 11.5. The molecular weight excluding hydrogens is 340 g/mol. The van der Waals surface area contributed by atoms with Gasteiger partial charge in [-0.15, -0.1) is 0 Å². The van der Waals surface area contributed by atoms with Crippen molar-refractivity contribution in [2.45, 2.75) is 40.0 Å². The Balaban J connectivity index is 2.18. The van der Waals surface area contributed by atoms with Crippen molar-refractivity contribution in [3.8, 4) is 5.69 Å². The van der Waals surface area contributed by atoms with Crippen LogP contribution < -0.4 is 5.32 Å². The van der Waals surface area contributed by atoms with Crippen molar-refractivity contribution in [3.05, 3.63) is 65.0 Å². The summed E-state index contributed by atoms with van der Waals surface area (Å²) in [7, 11) is 0. The van der Waals surface area contributed by atoms with Gasteiger partial charge >= 0.3 is 5.97 Å². The van der Waals surface area contributed by atoms with Crippen LogP contribution in [0.5, 0.6) is 0 Å². The van der Waals surface area contributed by atoms with Crippen LogP contribution in [0.15, 0.2) is 42.6 Å². The molecule has 0 amide bonds. The van der Waals surface area contributed by atoms with E-state index in [0.29, 0.717) is 5.82 Å². The molecule has 2 N–H and O–H groups in total. The zero-order valence-corrected chi connectivity index (χ0v) is 16.2. The molecule has 1 aromatic carbocycles. The average Bonchev–Trinajstić information content (AvgIpc) is 2.99. The minimum atomic E-state index is -1.03. The fourth-order valence-electron chi connectivity index (χ4n) is 2.95. The Labute approximate surface area is 158 Å². The van der Waals surface area contributed by atoms with E-state index in [0.717, 1.165) is 22.5 Å². The number of nitrogens with zero attached hydrogens (tertiary/aromatic N) is 3. The predicted molar refractivity (Wildman–Crippen MR) is 106 cm³/mol. The molecule has 3 rings (SSSR count). The standard InChI is InChI=1S/C21H24N4O2/c1-13-8-6-9-14(2)18(13)25-17(12-16(24-25)21(3,4)5)23-19-15(20(26)27)10-7-11-22-19/h6-12H,1-5H3,(H,22,23)(H,26,27). The van der Waals surface area contributed by atoms with Crippen LogP contribution in [0.2, 0.25) is 0 Å². The molecule has 140 valence electrons. The van der Waals surface area contributed by atoms with Crippen LogP contribution in [0.3, 0.4) is 0 Å². The fraction of sp³-hybridized carbons (Fsp3) is 0.286. The highest BCUT2D eigenvalue weighted by Gasteiger charge is 2.23. The lowest BCUT2D eigenvalue weighted by Crippen LogP contribution is -2.13. The number of aryl methyl sites for hydroxylation is 2. The largest absolute Gasteiger partial charge is 0.478 e. The van der Waals surface area contributed by atoms with Gasteiger partial charge in [-0.1, -0.05) is 39.0 Å². The van der Waals surface area contributed by atoms with Gasteiger partial charge in [0.05, 0.1) is 11.4 Å². The first kappa shape index (κ1) is 18.6. The smallest absolute Gasteiger partial charge is 0.339 e. The van der Waals surface area contributed by atoms with Gasteiger partial charge in [-0.05, 0) is 37.1 Å². The Morgan fingerprint density at radius 3 is 2.37 bits per heavy atom. The van der Waals surface area contributed by atoms with Gasteiger partial charge in [0.15, 0.2) is 0 Å². The fourth-order valence-corrected chi connectivity index (χ4v) is 2.95. The Hall–Kier alpha value is -3.15. The summed E-state index contributed by atoms with van der Waals surface area (Å²) >= 11 is 0. The normalized spacial score (nSPS) is 11.4. The molecule has 0 atom stereocenters. The molecule has 0 spiro atoms. The van der Waals surface area contributed by atoms with Crippen molar-refractivity contribution >= 4 is 17.6 Å². The molecule has 0 saturated carbocycles. The third-order valence-electron chi connectivity index (χ3n) is 4.41. The van der Waals surface area contributed by atoms with Crippen molar-refractivity contribution in [2.24, 2.45) is 0 Å². The zero-order valence-electron chi connectivity index (χ0n) is 16.2. The summed E-state index contributed by atoms with van der Waals surface area (Å²) in [5, 5.41) is 17.4. The summed E-state index contributed by atoms with van der Waals surface area (Å²) in [5.74, 6) is -0.0591. The lowest BCUT2D eigenvalue weighted by atomic mass is 9.92. The van der Waals surface area contributed by atoms with Crippen molar-refractivity contribution in [2.75, 3.05) is 5.32 Å². The number of carboxylic acids is 1. The Bertz CT molecular complexity index is 979. The Kier molecular flexibility index (Phi) is 4.74. The molecule has 0 aliphatic heterocycles. The van der Waals surface area contributed by atoms with E-state index in [1.807, 2.05) is 42.8 Å². The summed E-state index contributed by atoms with van der Waals surface area (Å²) in [6.07, 6.45) is 1.57. The van der Waals surface area contributed by atoms with Crippen LogP contribution in [-0.2, 0) is 5.41 Å². The topological polar surface area (TPSA) is 80.0 Å². The van der Waals surface area contributed by atoms with Gasteiger partial charge in [0, 0.05) is 17.7 Å². The van der Waals surface area contributed by atoms with Gasteiger partial charge in [-0.3, -0.25) is 0 Å². The maximum atomic E-state index is 11.5. The summed E-state index contributed by atoms with van der Waals surface area (Å²) in [6, 6.07) is 11.2. The third kappa shape index (κ3) is 3.69. The molecule has 0 saturated heterocycles. The van der Waals surface area contributed by atoms with Crippen LogP contribution in [0.4, 0.5) is 11.6 Å². The molecule has 2 heterocycles. The van der Waals surface area contributed by atoms with E-state index in [9.17, 15) is 9.90 Å². The maximum Gasteiger partial charge on any atom is 0.339 e. The van der Waals surface area contributed by atoms with Crippen molar-refractivity contribution in [1.82, 2.24) is 14.8 Å². The van der Waals surface area contributed by atoms with E-state index in [1.165, 1.54) is 6.07 Å². The number of hydrogen-bond acceptors (Lipinski definition) is 4. The van der Waals surface area contributed by atoms with Crippen LogP contribution in [-0.4, -0.2) is 25.8 Å². The molecule has 6 nitrogen and oxygen atoms in total. The molecule has 0 radical (unpaired) electrons. The second-order valence-electron chi connectivity index (χ2n) is 7.65. The number of carboxylic acid groups (broad SMARTS) is 1. The number of rotatable bonds is 4. The van der Waals surface area contributed by atoms with Crippen LogP contribution in [0.1, 0.15) is 48.0 Å². The van der Waals surface area contributed by atoms with E-state index in [1.54, 1.807) is 12.3 Å². The highest BCUT2D eigenvalue weighted by atomic mass is 16.4. The first-order valence-corrected chi connectivity index (χ1v) is 8.81. The Morgan fingerprint density at radius 2 is 1.78 bits per heavy atom. The van der Waals surface area contributed by atoms with E-state index >= 15 is 0 Å². The number of benzene rings is 1. The minimum absolute atomic E-state index is 0.115. The molecular formula is C21H24N4O2. The van der Waals surface area contributed by atoms with Crippen molar-refractivity contribution in [3.63, 3.8) is 0 Å². The second kappa shape index (κ2) is 6.87. The first-order chi connectivity index (χ1) is 12.7. The molecule has 3 aromatic rings. The van der Waals surface area contributed by atoms with Gasteiger partial charge in [-0.25, -0.2) is 14.5 Å². The number of aromatic carboxylic acids is 1. The van der Waals surface area contributed by atoms with E-state index in [-0.39, 0.29) is 16.8 Å². The van der Waals surface area contributed by atoms with Gasteiger partial charge in [0.25, 0.3) is 0 Å². The number of nitrogens with one attached hydrogen (secondary N) is 1. The number of hydrogen-bond donors (Lipinski definition) is 2. The van der Waals surface area contributed by atoms with Gasteiger partial charge in [-0.2, -0.15) is 5.10 Å². The molecule has 0 aliphatic carbocycles. The predicted octanol–water partition coefficient (Wildman–Crippen LogP) is 4.62. The molecule has 0 unspecified atom stereocenters. The zero-order chi connectivity index (χ0) is 19.8.